The standard InChI is InChI=1S/C14H16N4OS/c1-3-19-12-6-4-5-11-13(12)16-14(20)18(11)9-10-7-8-15-17(10)2/h4-8H,3,9H2,1-2H3,(H,16,20). The van der Waals surface area contributed by atoms with Crippen LogP contribution in [-0.4, -0.2) is 25.9 Å². The first-order valence-electron chi connectivity index (χ1n) is 6.52. The Morgan fingerprint density at radius 1 is 1.35 bits per heavy atom. The molecular weight excluding hydrogens is 272 g/mol. The molecule has 0 bridgehead atoms. The molecule has 0 aliphatic carbocycles. The Labute approximate surface area is 121 Å². The predicted octanol–water partition coefficient (Wildman–Crippen LogP) is 2.88. The second-order valence-corrected chi connectivity index (χ2v) is 4.93. The fourth-order valence-electron chi connectivity index (χ4n) is 2.31. The minimum Gasteiger partial charge on any atom is -0.492 e. The SMILES string of the molecule is CCOc1cccc2c1[nH]c(=S)n2Cc1ccnn1C. The molecule has 0 saturated carbocycles. The number of para-hydroxylation sites is 1. The van der Waals surface area contributed by atoms with Gasteiger partial charge in [0.05, 0.1) is 24.4 Å². The van der Waals surface area contributed by atoms with E-state index in [0.717, 1.165) is 22.5 Å². The second-order valence-electron chi connectivity index (χ2n) is 4.55. The summed E-state index contributed by atoms with van der Waals surface area (Å²) in [5, 5.41) is 4.19. The molecule has 1 N–H and O–H groups in total. The van der Waals surface area contributed by atoms with E-state index >= 15 is 0 Å². The number of rotatable bonds is 4. The molecule has 0 fully saturated rings. The monoisotopic (exact) mass is 288 g/mol. The molecule has 2 heterocycles. The number of hydrogen-bond acceptors (Lipinski definition) is 3. The molecule has 5 nitrogen and oxygen atoms in total. The molecule has 0 atom stereocenters. The first kappa shape index (κ1) is 12.9. The van der Waals surface area contributed by atoms with Gasteiger partial charge >= 0.3 is 0 Å². The van der Waals surface area contributed by atoms with E-state index in [1.807, 2.05) is 42.9 Å². The molecule has 2 aromatic heterocycles. The minimum absolute atomic E-state index is 0.632. The van der Waals surface area contributed by atoms with Crippen LogP contribution in [0.25, 0.3) is 11.0 Å². The van der Waals surface area contributed by atoms with Gasteiger partial charge in [-0.25, -0.2) is 0 Å². The topological polar surface area (TPSA) is 47.8 Å². The van der Waals surface area contributed by atoms with Gasteiger partial charge in [0.2, 0.25) is 0 Å². The average molecular weight is 288 g/mol. The maximum absolute atomic E-state index is 5.64. The molecule has 1 aromatic carbocycles. The number of aryl methyl sites for hydroxylation is 1. The van der Waals surface area contributed by atoms with Crippen LogP contribution >= 0.6 is 12.2 Å². The van der Waals surface area contributed by atoms with Crippen LogP contribution in [0.3, 0.4) is 0 Å². The zero-order valence-corrected chi connectivity index (χ0v) is 12.3. The van der Waals surface area contributed by atoms with Gasteiger partial charge in [0.25, 0.3) is 0 Å². The summed E-state index contributed by atoms with van der Waals surface area (Å²) in [6, 6.07) is 7.97. The quantitative estimate of drug-likeness (QED) is 0.751. The first-order chi connectivity index (χ1) is 9.70. The highest BCUT2D eigenvalue weighted by Crippen LogP contribution is 2.25. The molecular formula is C14H16N4OS. The maximum atomic E-state index is 5.64. The molecule has 0 aliphatic rings. The fraction of sp³-hybridized carbons (Fsp3) is 0.286. The maximum Gasteiger partial charge on any atom is 0.178 e. The molecule has 20 heavy (non-hydrogen) atoms. The van der Waals surface area contributed by atoms with E-state index in [-0.39, 0.29) is 0 Å². The Balaban J connectivity index is 2.12. The Bertz CT molecular complexity index is 799. The number of nitrogens with zero attached hydrogens (tertiary/aromatic N) is 3. The van der Waals surface area contributed by atoms with Gasteiger partial charge in [-0.05, 0) is 37.3 Å². The number of hydrogen-bond donors (Lipinski definition) is 1. The molecule has 104 valence electrons. The van der Waals surface area contributed by atoms with Gasteiger partial charge in [0.1, 0.15) is 11.3 Å². The Hall–Kier alpha value is -2.08. The van der Waals surface area contributed by atoms with Gasteiger partial charge in [0.15, 0.2) is 4.77 Å². The van der Waals surface area contributed by atoms with Gasteiger partial charge in [-0.1, -0.05) is 6.07 Å². The number of aromatic nitrogens is 4. The molecule has 3 rings (SSSR count). The van der Waals surface area contributed by atoms with Crippen LogP contribution in [-0.2, 0) is 13.6 Å². The van der Waals surface area contributed by atoms with E-state index in [1.165, 1.54) is 0 Å². The van der Waals surface area contributed by atoms with Crippen LogP contribution in [0.4, 0.5) is 0 Å². The lowest BCUT2D eigenvalue weighted by molar-refractivity contribution is 0.343. The smallest absolute Gasteiger partial charge is 0.178 e. The lowest BCUT2D eigenvalue weighted by Gasteiger charge is -2.07. The summed E-state index contributed by atoms with van der Waals surface area (Å²) in [7, 11) is 1.93. The summed E-state index contributed by atoms with van der Waals surface area (Å²) in [5.41, 5.74) is 3.09. The van der Waals surface area contributed by atoms with Crippen molar-refractivity contribution in [1.29, 1.82) is 0 Å². The zero-order valence-electron chi connectivity index (χ0n) is 11.5. The number of benzene rings is 1. The van der Waals surface area contributed by atoms with Crippen molar-refractivity contribution in [3.8, 4) is 5.75 Å². The molecule has 0 radical (unpaired) electrons. The number of imidazole rings is 1. The summed E-state index contributed by atoms with van der Waals surface area (Å²) in [4.78, 5) is 3.24. The van der Waals surface area contributed by atoms with Gasteiger partial charge < -0.3 is 14.3 Å². The summed E-state index contributed by atoms with van der Waals surface area (Å²) < 4.78 is 10.2. The largest absolute Gasteiger partial charge is 0.492 e. The Kier molecular flexibility index (Phi) is 3.31. The lowest BCUT2D eigenvalue weighted by Crippen LogP contribution is -2.05. The van der Waals surface area contributed by atoms with Gasteiger partial charge in [-0.3, -0.25) is 4.68 Å². The summed E-state index contributed by atoms with van der Waals surface area (Å²) in [6.07, 6.45) is 1.79. The van der Waals surface area contributed by atoms with Gasteiger partial charge in [-0.15, -0.1) is 0 Å². The van der Waals surface area contributed by atoms with Crippen LogP contribution in [0.1, 0.15) is 12.6 Å². The van der Waals surface area contributed by atoms with Gasteiger partial charge in [-0.2, -0.15) is 5.10 Å². The van der Waals surface area contributed by atoms with Crippen LogP contribution in [0.5, 0.6) is 5.75 Å². The Morgan fingerprint density at radius 2 is 2.20 bits per heavy atom. The molecule has 0 amide bonds. The molecule has 6 heteroatoms. The molecule has 0 unspecified atom stereocenters. The summed E-state index contributed by atoms with van der Waals surface area (Å²) in [5.74, 6) is 0.833. The van der Waals surface area contributed by atoms with E-state index in [0.29, 0.717) is 17.9 Å². The number of aromatic amines is 1. The first-order valence-corrected chi connectivity index (χ1v) is 6.92. The van der Waals surface area contributed by atoms with E-state index in [4.69, 9.17) is 17.0 Å². The predicted molar refractivity (Wildman–Crippen MR) is 80.6 cm³/mol. The number of H-pyrrole nitrogens is 1. The number of nitrogens with one attached hydrogen (secondary N) is 1. The molecule has 0 aliphatic heterocycles. The highest BCUT2D eigenvalue weighted by atomic mass is 32.1. The fourth-order valence-corrected chi connectivity index (χ4v) is 2.57. The summed E-state index contributed by atoms with van der Waals surface area (Å²) in [6.45, 7) is 3.29. The second kappa shape index (κ2) is 5.13. The van der Waals surface area contributed by atoms with E-state index in [2.05, 4.69) is 14.6 Å². The van der Waals surface area contributed by atoms with Crippen LogP contribution in [0.2, 0.25) is 0 Å². The number of fused-ring (bicyclic) bond motifs is 1. The average Bonchev–Trinajstić information content (AvgIpc) is 2.97. The molecule has 0 spiro atoms. The van der Waals surface area contributed by atoms with Crippen molar-refractivity contribution in [3.63, 3.8) is 0 Å². The third kappa shape index (κ3) is 2.12. The highest BCUT2D eigenvalue weighted by molar-refractivity contribution is 7.71. The number of ether oxygens (including phenoxy) is 1. The van der Waals surface area contributed by atoms with Crippen LogP contribution in [0, 0.1) is 4.77 Å². The summed E-state index contributed by atoms with van der Waals surface area (Å²) >= 11 is 5.44. The van der Waals surface area contributed by atoms with Crippen molar-refractivity contribution in [3.05, 3.63) is 40.9 Å². The normalized spacial score (nSPS) is 11.1. The lowest BCUT2D eigenvalue weighted by atomic mass is 10.3. The van der Waals surface area contributed by atoms with Crippen molar-refractivity contribution in [2.45, 2.75) is 13.5 Å². The van der Waals surface area contributed by atoms with Crippen molar-refractivity contribution < 1.29 is 4.74 Å². The van der Waals surface area contributed by atoms with Gasteiger partial charge in [0, 0.05) is 13.2 Å². The molecule has 0 saturated heterocycles. The molecule has 3 aromatic rings. The van der Waals surface area contributed by atoms with Crippen molar-refractivity contribution in [1.82, 2.24) is 19.3 Å². The Morgan fingerprint density at radius 3 is 2.90 bits per heavy atom. The van der Waals surface area contributed by atoms with Crippen LogP contribution < -0.4 is 4.74 Å². The van der Waals surface area contributed by atoms with Crippen molar-refractivity contribution in [2.24, 2.45) is 7.05 Å². The van der Waals surface area contributed by atoms with E-state index in [1.54, 1.807) is 6.20 Å². The van der Waals surface area contributed by atoms with Crippen LogP contribution in [0.15, 0.2) is 30.5 Å². The van der Waals surface area contributed by atoms with E-state index < -0.39 is 0 Å². The minimum atomic E-state index is 0.632. The highest BCUT2D eigenvalue weighted by Gasteiger charge is 2.10. The third-order valence-electron chi connectivity index (χ3n) is 3.31. The third-order valence-corrected chi connectivity index (χ3v) is 3.64. The van der Waals surface area contributed by atoms with Crippen molar-refractivity contribution in [2.75, 3.05) is 6.61 Å². The van der Waals surface area contributed by atoms with Crippen molar-refractivity contribution >= 4 is 23.3 Å². The zero-order chi connectivity index (χ0) is 14.1. The van der Waals surface area contributed by atoms with E-state index in [9.17, 15) is 0 Å².